The van der Waals surface area contributed by atoms with Gasteiger partial charge in [-0.15, -0.1) is 0 Å². The Bertz CT molecular complexity index is 88.5. The summed E-state index contributed by atoms with van der Waals surface area (Å²) in [5.74, 6) is -0.334. The zero-order valence-electron chi connectivity index (χ0n) is 5.60. The quantitative estimate of drug-likeness (QED) is 0.472. The summed E-state index contributed by atoms with van der Waals surface area (Å²) in [6, 6.07) is 0. The first-order chi connectivity index (χ1) is 3.60. The van der Waals surface area contributed by atoms with Crippen LogP contribution >= 0.6 is 0 Å². The molecule has 1 heterocycles. The molecule has 1 fully saturated rings. The van der Waals surface area contributed by atoms with Crippen molar-refractivity contribution in [2.24, 2.45) is 0 Å². The van der Waals surface area contributed by atoms with Gasteiger partial charge in [-0.05, 0) is 20.8 Å². The average Bonchev–Trinajstić information content (AvgIpc) is 1.82. The summed E-state index contributed by atoms with van der Waals surface area (Å²) in [6.45, 7) is 6.59. The van der Waals surface area contributed by atoms with Crippen LogP contribution in [-0.2, 0) is 9.47 Å². The van der Waals surface area contributed by atoms with Gasteiger partial charge in [-0.1, -0.05) is 0 Å². The molecular weight excluding hydrogens is 104 g/mol. The fourth-order valence-corrected chi connectivity index (χ4v) is 0.871. The molecule has 0 saturated carbocycles. The van der Waals surface area contributed by atoms with Crippen molar-refractivity contribution in [1.82, 2.24) is 0 Å². The van der Waals surface area contributed by atoms with Crippen LogP contribution in [0.2, 0.25) is 0 Å². The molecule has 1 saturated heterocycles. The van der Waals surface area contributed by atoms with Crippen molar-refractivity contribution in [3.63, 3.8) is 0 Å². The van der Waals surface area contributed by atoms with E-state index in [-0.39, 0.29) is 11.9 Å². The predicted octanol–water partition coefficient (Wildman–Crippen LogP) is 1.16. The summed E-state index contributed by atoms with van der Waals surface area (Å²) < 4.78 is 10.6. The van der Waals surface area contributed by atoms with Gasteiger partial charge < -0.3 is 9.47 Å². The maximum atomic E-state index is 5.33. The van der Waals surface area contributed by atoms with Gasteiger partial charge in [0.25, 0.3) is 0 Å². The maximum Gasteiger partial charge on any atom is 0.163 e. The van der Waals surface area contributed by atoms with E-state index >= 15 is 0 Å². The van der Waals surface area contributed by atoms with Crippen molar-refractivity contribution in [1.29, 1.82) is 0 Å². The van der Waals surface area contributed by atoms with Gasteiger partial charge in [0, 0.05) is 0 Å². The zero-order valence-corrected chi connectivity index (χ0v) is 5.60. The Balaban J connectivity index is 2.44. The Hall–Kier alpha value is -0.0800. The number of ether oxygens (including phenoxy) is 2. The van der Waals surface area contributed by atoms with E-state index in [2.05, 4.69) is 0 Å². The molecule has 2 heteroatoms. The van der Waals surface area contributed by atoms with Crippen LogP contribution in [0.1, 0.15) is 20.8 Å². The van der Waals surface area contributed by atoms with Crippen LogP contribution < -0.4 is 0 Å². The van der Waals surface area contributed by atoms with Crippen LogP contribution in [0.5, 0.6) is 0 Å². The highest BCUT2D eigenvalue weighted by Gasteiger charge is 2.29. The van der Waals surface area contributed by atoms with E-state index in [0.29, 0.717) is 0 Å². The standard InChI is InChI=1S/C6H12O2/c1-5-4-7-6(2,3)8-5/h5H,4H2,1-3H3/t5-/m1/s1. The molecule has 2 nitrogen and oxygen atoms in total. The summed E-state index contributed by atoms with van der Waals surface area (Å²) in [4.78, 5) is 0. The van der Waals surface area contributed by atoms with Gasteiger partial charge in [0.2, 0.25) is 0 Å². The van der Waals surface area contributed by atoms with E-state index in [9.17, 15) is 0 Å². The van der Waals surface area contributed by atoms with E-state index in [4.69, 9.17) is 9.47 Å². The van der Waals surface area contributed by atoms with Crippen LogP contribution in [0, 0.1) is 0 Å². The maximum absolute atomic E-state index is 5.33. The minimum atomic E-state index is -0.334. The van der Waals surface area contributed by atoms with Crippen molar-refractivity contribution in [3.05, 3.63) is 0 Å². The van der Waals surface area contributed by atoms with Crippen molar-refractivity contribution in [2.75, 3.05) is 6.61 Å². The van der Waals surface area contributed by atoms with Crippen molar-refractivity contribution in [2.45, 2.75) is 32.7 Å². The van der Waals surface area contributed by atoms with Gasteiger partial charge in [0.05, 0.1) is 12.7 Å². The fourth-order valence-electron chi connectivity index (χ4n) is 0.871. The molecule has 1 aliphatic heterocycles. The molecule has 0 radical (unpaired) electrons. The topological polar surface area (TPSA) is 18.5 Å². The second-order valence-corrected chi connectivity index (χ2v) is 2.64. The molecule has 1 atom stereocenters. The Kier molecular flexibility index (Phi) is 1.29. The van der Waals surface area contributed by atoms with Gasteiger partial charge in [0.15, 0.2) is 5.79 Å². The molecule has 0 spiro atoms. The van der Waals surface area contributed by atoms with E-state index < -0.39 is 0 Å². The summed E-state index contributed by atoms with van der Waals surface area (Å²) >= 11 is 0. The Labute approximate surface area is 49.8 Å². The molecule has 8 heavy (non-hydrogen) atoms. The largest absolute Gasteiger partial charge is 0.348 e. The van der Waals surface area contributed by atoms with E-state index in [1.54, 1.807) is 0 Å². The van der Waals surface area contributed by atoms with E-state index in [1.807, 2.05) is 20.8 Å². The molecule has 0 N–H and O–H groups in total. The highest BCUT2D eigenvalue weighted by molar-refractivity contribution is 4.65. The highest BCUT2D eigenvalue weighted by atomic mass is 16.7. The minimum Gasteiger partial charge on any atom is -0.348 e. The minimum absolute atomic E-state index is 0.269. The second-order valence-electron chi connectivity index (χ2n) is 2.64. The normalized spacial score (nSPS) is 35.6. The van der Waals surface area contributed by atoms with Crippen LogP contribution in [0.15, 0.2) is 0 Å². The monoisotopic (exact) mass is 116 g/mol. The molecule has 0 aromatic heterocycles. The fraction of sp³-hybridized carbons (Fsp3) is 1.00. The van der Waals surface area contributed by atoms with Gasteiger partial charge in [-0.2, -0.15) is 0 Å². The van der Waals surface area contributed by atoms with Crippen molar-refractivity contribution in [3.8, 4) is 0 Å². The smallest absolute Gasteiger partial charge is 0.163 e. The van der Waals surface area contributed by atoms with Crippen LogP contribution in [0.25, 0.3) is 0 Å². The lowest BCUT2D eigenvalue weighted by Gasteiger charge is -2.15. The molecule has 0 aromatic rings. The SMILES string of the molecule is C[C@@H]1COC(C)(C)O1. The molecule has 48 valence electrons. The van der Waals surface area contributed by atoms with Gasteiger partial charge in [-0.3, -0.25) is 0 Å². The lowest BCUT2D eigenvalue weighted by molar-refractivity contribution is -0.136. The lowest BCUT2D eigenvalue weighted by Crippen LogP contribution is -2.20. The van der Waals surface area contributed by atoms with Gasteiger partial charge in [0.1, 0.15) is 0 Å². The van der Waals surface area contributed by atoms with Crippen LogP contribution in [-0.4, -0.2) is 18.5 Å². The number of hydrogen-bond donors (Lipinski definition) is 0. The Morgan fingerprint density at radius 3 is 2.25 bits per heavy atom. The van der Waals surface area contributed by atoms with E-state index in [0.717, 1.165) is 6.61 Å². The number of hydrogen-bond acceptors (Lipinski definition) is 2. The molecule has 1 aliphatic rings. The van der Waals surface area contributed by atoms with Gasteiger partial charge in [-0.25, -0.2) is 0 Å². The molecule has 0 aliphatic carbocycles. The van der Waals surface area contributed by atoms with Crippen LogP contribution in [0.4, 0.5) is 0 Å². The Morgan fingerprint density at radius 2 is 2.12 bits per heavy atom. The van der Waals surface area contributed by atoms with Crippen LogP contribution in [0.3, 0.4) is 0 Å². The number of rotatable bonds is 0. The molecule has 0 amide bonds. The highest BCUT2D eigenvalue weighted by Crippen LogP contribution is 2.21. The molecule has 0 bridgehead atoms. The van der Waals surface area contributed by atoms with Gasteiger partial charge >= 0.3 is 0 Å². The van der Waals surface area contributed by atoms with Crippen molar-refractivity contribution >= 4 is 0 Å². The summed E-state index contributed by atoms with van der Waals surface area (Å²) in [5, 5.41) is 0. The molecule has 1 rings (SSSR count). The third-order valence-corrected chi connectivity index (χ3v) is 1.15. The average molecular weight is 116 g/mol. The van der Waals surface area contributed by atoms with Crippen molar-refractivity contribution < 1.29 is 9.47 Å². The zero-order chi connectivity index (χ0) is 6.20. The third kappa shape index (κ3) is 1.20. The van der Waals surface area contributed by atoms with E-state index in [1.165, 1.54) is 0 Å². The summed E-state index contributed by atoms with van der Waals surface area (Å²) in [5.41, 5.74) is 0. The first-order valence-electron chi connectivity index (χ1n) is 2.92. The molecule has 0 aromatic carbocycles. The predicted molar refractivity (Wildman–Crippen MR) is 30.6 cm³/mol. The summed E-state index contributed by atoms with van der Waals surface area (Å²) in [6.07, 6.45) is 0.269. The molecular formula is C6H12O2. The Morgan fingerprint density at radius 1 is 1.50 bits per heavy atom. The lowest BCUT2D eigenvalue weighted by atomic mass is 10.4. The third-order valence-electron chi connectivity index (χ3n) is 1.15. The molecule has 0 unspecified atom stereocenters. The first-order valence-corrected chi connectivity index (χ1v) is 2.92. The second kappa shape index (κ2) is 1.71. The summed E-state index contributed by atoms with van der Waals surface area (Å²) in [7, 11) is 0. The first kappa shape index (κ1) is 6.05.